The van der Waals surface area contributed by atoms with Gasteiger partial charge in [0, 0.05) is 29.9 Å². The van der Waals surface area contributed by atoms with Gasteiger partial charge in [-0.1, -0.05) is 13.8 Å². The minimum atomic E-state index is 0.128. The van der Waals surface area contributed by atoms with E-state index in [1.807, 2.05) is 13.8 Å². The first-order valence-electron chi connectivity index (χ1n) is 4.69. The van der Waals surface area contributed by atoms with Gasteiger partial charge < -0.3 is 21.3 Å². The van der Waals surface area contributed by atoms with Crippen molar-refractivity contribution in [3.8, 4) is 0 Å². The second-order valence-electron chi connectivity index (χ2n) is 3.47. The molecule has 0 saturated heterocycles. The van der Waals surface area contributed by atoms with Crippen molar-refractivity contribution in [3.05, 3.63) is 11.3 Å². The van der Waals surface area contributed by atoms with Crippen LogP contribution in [0.1, 0.15) is 20.3 Å². The summed E-state index contributed by atoms with van der Waals surface area (Å²) in [6.45, 7) is 4.41. The van der Waals surface area contributed by atoms with Gasteiger partial charge in [0.1, 0.15) is 6.29 Å². The molecule has 0 aliphatic carbocycles. The molecule has 0 aromatic heterocycles. The maximum absolute atomic E-state index is 10.3. The van der Waals surface area contributed by atoms with Gasteiger partial charge in [0.15, 0.2) is 0 Å². The number of nitrogens with one attached hydrogen (secondary N) is 2. The summed E-state index contributed by atoms with van der Waals surface area (Å²) in [5.74, 6) is 0.128. The Labute approximate surface area is 85.1 Å². The van der Waals surface area contributed by atoms with Crippen LogP contribution in [-0.4, -0.2) is 25.6 Å². The molecular formula is C10H19N3O. The molecule has 0 bridgehead atoms. The molecule has 0 fully saturated rings. The topological polar surface area (TPSA) is 79.0 Å². The first-order valence-corrected chi connectivity index (χ1v) is 4.69. The van der Waals surface area contributed by atoms with Crippen molar-refractivity contribution in [1.82, 2.24) is 5.32 Å². The number of rotatable bonds is 6. The van der Waals surface area contributed by atoms with Gasteiger partial charge in [0.25, 0.3) is 0 Å². The molecule has 0 aromatic rings. The second kappa shape index (κ2) is 6.32. The SMILES string of the molecule is CNC/C(C(=N)C(C)C)=C(/N)CC=O. The van der Waals surface area contributed by atoms with Crippen molar-refractivity contribution in [2.45, 2.75) is 20.3 Å². The Bertz CT molecular complexity index is 244. The first-order chi connectivity index (χ1) is 6.54. The fraction of sp³-hybridized carbons (Fsp3) is 0.600. The van der Waals surface area contributed by atoms with Crippen LogP contribution in [0, 0.1) is 11.3 Å². The van der Waals surface area contributed by atoms with Gasteiger partial charge in [-0.05, 0) is 13.0 Å². The van der Waals surface area contributed by atoms with Crippen molar-refractivity contribution in [2.75, 3.05) is 13.6 Å². The molecule has 0 amide bonds. The molecule has 4 nitrogen and oxygen atoms in total. The van der Waals surface area contributed by atoms with Gasteiger partial charge in [-0.2, -0.15) is 0 Å². The Morgan fingerprint density at radius 2 is 2.14 bits per heavy atom. The molecule has 0 radical (unpaired) electrons. The first kappa shape index (κ1) is 12.8. The van der Waals surface area contributed by atoms with E-state index >= 15 is 0 Å². The van der Waals surface area contributed by atoms with Gasteiger partial charge in [-0.25, -0.2) is 0 Å². The second-order valence-corrected chi connectivity index (χ2v) is 3.47. The highest BCUT2D eigenvalue weighted by atomic mass is 16.1. The maximum atomic E-state index is 10.3. The van der Waals surface area contributed by atoms with Crippen molar-refractivity contribution >= 4 is 12.0 Å². The molecule has 4 N–H and O–H groups in total. The largest absolute Gasteiger partial charge is 0.401 e. The minimum absolute atomic E-state index is 0.128. The zero-order chi connectivity index (χ0) is 11.1. The van der Waals surface area contributed by atoms with E-state index in [1.54, 1.807) is 7.05 Å². The number of hydrogen-bond acceptors (Lipinski definition) is 4. The van der Waals surface area contributed by atoms with Gasteiger partial charge in [-0.3, -0.25) is 0 Å². The molecule has 0 unspecified atom stereocenters. The van der Waals surface area contributed by atoms with Crippen molar-refractivity contribution in [3.63, 3.8) is 0 Å². The lowest BCUT2D eigenvalue weighted by Crippen LogP contribution is -2.24. The number of likely N-dealkylation sites (N-methyl/N-ethyl adjacent to an activating group) is 1. The lowest BCUT2D eigenvalue weighted by Gasteiger charge is -2.14. The molecule has 4 heteroatoms. The van der Waals surface area contributed by atoms with E-state index < -0.39 is 0 Å². The zero-order valence-electron chi connectivity index (χ0n) is 9.05. The third-order valence-corrected chi connectivity index (χ3v) is 1.95. The zero-order valence-corrected chi connectivity index (χ0v) is 9.05. The van der Waals surface area contributed by atoms with Crippen molar-refractivity contribution < 1.29 is 4.79 Å². The van der Waals surface area contributed by atoms with Crippen LogP contribution in [0.25, 0.3) is 0 Å². The average molecular weight is 197 g/mol. The third kappa shape index (κ3) is 3.70. The molecule has 14 heavy (non-hydrogen) atoms. The summed E-state index contributed by atoms with van der Waals surface area (Å²) in [6, 6.07) is 0. The smallest absolute Gasteiger partial charge is 0.125 e. The summed E-state index contributed by atoms with van der Waals surface area (Å²) in [6.07, 6.45) is 0.963. The standard InChI is InChI=1S/C10H19N3O/c1-7(2)10(12)8(6-13-3)9(11)4-5-14/h5,7,12-13H,4,6,11H2,1-3H3/b9-8-,12-10?. The Morgan fingerprint density at radius 1 is 1.57 bits per heavy atom. The van der Waals surface area contributed by atoms with Crippen LogP contribution in [0.4, 0.5) is 0 Å². The monoisotopic (exact) mass is 197 g/mol. The van der Waals surface area contributed by atoms with E-state index in [0.717, 1.165) is 11.9 Å². The molecule has 0 aromatic carbocycles. The van der Waals surface area contributed by atoms with Crippen LogP contribution >= 0.6 is 0 Å². The van der Waals surface area contributed by atoms with Gasteiger partial charge in [0.05, 0.1) is 0 Å². The van der Waals surface area contributed by atoms with Crippen LogP contribution in [0.15, 0.2) is 11.3 Å². The Kier molecular flexibility index (Phi) is 5.79. The number of allylic oxidation sites excluding steroid dienone is 1. The van der Waals surface area contributed by atoms with Gasteiger partial charge >= 0.3 is 0 Å². The number of hydrogen-bond donors (Lipinski definition) is 3. The molecule has 0 heterocycles. The molecule has 0 atom stereocenters. The van der Waals surface area contributed by atoms with Gasteiger partial charge in [-0.15, -0.1) is 0 Å². The van der Waals surface area contributed by atoms with Crippen LogP contribution in [-0.2, 0) is 4.79 Å². The predicted octanol–water partition coefficient (Wildman–Crippen LogP) is 0.683. The van der Waals surface area contributed by atoms with E-state index in [1.165, 1.54) is 0 Å². The molecule has 0 aliphatic heterocycles. The lowest BCUT2D eigenvalue weighted by atomic mass is 9.97. The molecule has 0 aliphatic rings. The van der Waals surface area contributed by atoms with Gasteiger partial charge in [0.2, 0.25) is 0 Å². The maximum Gasteiger partial charge on any atom is 0.125 e. The molecular weight excluding hydrogens is 178 g/mol. The third-order valence-electron chi connectivity index (χ3n) is 1.95. The normalized spacial score (nSPS) is 12.6. The van der Waals surface area contributed by atoms with E-state index in [9.17, 15) is 4.79 Å². The summed E-state index contributed by atoms with van der Waals surface area (Å²) >= 11 is 0. The number of carbonyl (C=O) groups excluding carboxylic acids is 1. The van der Waals surface area contributed by atoms with Crippen LogP contribution in [0.2, 0.25) is 0 Å². The number of carbonyl (C=O) groups is 1. The molecule has 0 rings (SSSR count). The molecule has 0 saturated carbocycles. The Morgan fingerprint density at radius 3 is 2.50 bits per heavy atom. The molecule has 80 valence electrons. The Balaban J connectivity index is 4.81. The molecule has 0 spiro atoms. The highest BCUT2D eigenvalue weighted by Crippen LogP contribution is 2.09. The van der Waals surface area contributed by atoms with Crippen molar-refractivity contribution in [1.29, 1.82) is 5.41 Å². The van der Waals surface area contributed by atoms with E-state index in [-0.39, 0.29) is 12.3 Å². The minimum Gasteiger partial charge on any atom is -0.401 e. The highest BCUT2D eigenvalue weighted by Gasteiger charge is 2.12. The number of nitrogens with two attached hydrogens (primary N) is 1. The van der Waals surface area contributed by atoms with E-state index in [2.05, 4.69) is 5.32 Å². The lowest BCUT2D eigenvalue weighted by molar-refractivity contribution is -0.107. The highest BCUT2D eigenvalue weighted by molar-refractivity contribution is 6.00. The van der Waals surface area contributed by atoms with Crippen LogP contribution in [0.3, 0.4) is 0 Å². The van der Waals surface area contributed by atoms with E-state index in [4.69, 9.17) is 11.1 Å². The van der Waals surface area contributed by atoms with E-state index in [0.29, 0.717) is 18.0 Å². The summed E-state index contributed by atoms with van der Waals surface area (Å²) in [5, 5.41) is 10.8. The van der Waals surface area contributed by atoms with Crippen LogP contribution in [0.5, 0.6) is 0 Å². The predicted molar refractivity (Wildman–Crippen MR) is 58.4 cm³/mol. The summed E-state index contributed by atoms with van der Waals surface area (Å²) in [5.41, 5.74) is 7.46. The summed E-state index contributed by atoms with van der Waals surface area (Å²) in [7, 11) is 1.79. The summed E-state index contributed by atoms with van der Waals surface area (Å²) < 4.78 is 0. The Hall–Kier alpha value is -1.16. The summed E-state index contributed by atoms with van der Waals surface area (Å²) in [4.78, 5) is 10.3. The fourth-order valence-electron chi connectivity index (χ4n) is 1.12. The van der Waals surface area contributed by atoms with Crippen molar-refractivity contribution in [2.24, 2.45) is 11.7 Å². The van der Waals surface area contributed by atoms with Crippen LogP contribution < -0.4 is 11.1 Å². The number of aldehydes is 1. The average Bonchev–Trinajstić information content (AvgIpc) is 2.13. The fourth-order valence-corrected chi connectivity index (χ4v) is 1.12. The quantitative estimate of drug-likeness (QED) is 0.433.